The number of amides is 1. The van der Waals surface area contributed by atoms with Crippen LogP contribution in [0, 0.1) is 11.8 Å². The maximum atomic E-state index is 12.2. The van der Waals surface area contributed by atoms with E-state index in [0.29, 0.717) is 19.1 Å². The monoisotopic (exact) mass is 242 g/mol. The summed E-state index contributed by atoms with van der Waals surface area (Å²) in [5.41, 5.74) is 0. The van der Waals surface area contributed by atoms with Crippen molar-refractivity contribution in [2.45, 2.75) is 13.0 Å². The lowest BCUT2D eigenvalue weighted by molar-refractivity contribution is -0.161. The Bertz CT molecular complexity index is 317. The standard InChI is InChI=1S/C11H18N2O4/c1-7(8-4-12-5-8)10(14)13-2-3-17-9(6-13)11(15)16/h7-9,12H,2-6H2,1H3,(H,15,16). The second kappa shape index (κ2) is 5.01. The molecule has 6 nitrogen and oxygen atoms in total. The Morgan fingerprint density at radius 1 is 1.47 bits per heavy atom. The minimum atomic E-state index is -1.000. The number of hydrogen-bond donors (Lipinski definition) is 2. The van der Waals surface area contributed by atoms with Gasteiger partial charge in [0.15, 0.2) is 6.10 Å². The highest BCUT2D eigenvalue weighted by Crippen LogP contribution is 2.19. The molecule has 0 aromatic heterocycles. The van der Waals surface area contributed by atoms with E-state index in [-0.39, 0.29) is 18.4 Å². The van der Waals surface area contributed by atoms with Crippen molar-refractivity contribution in [1.29, 1.82) is 0 Å². The Morgan fingerprint density at radius 2 is 2.18 bits per heavy atom. The summed E-state index contributed by atoms with van der Waals surface area (Å²) in [6, 6.07) is 0. The Balaban J connectivity index is 1.91. The Labute approximate surface area is 99.9 Å². The highest BCUT2D eigenvalue weighted by molar-refractivity contribution is 5.80. The summed E-state index contributed by atoms with van der Waals surface area (Å²) in [6.45, 7) is 4.63. The zero-order valence-corrected chi connectivity index (χ0v) is 9.89. The van der Waals surface area contributed by atoms with Crippen molar-refractivity contribution in [3.8, 4) is 0 Å². The van der Waals surface area contributed by atoms with Crippen LogP contribution in [0.2, 0.25) is 0 Å². The number of rotatable bonds is 3. The van der Waals surface area contributed by atoms with E-state index in [1.165, 1.54) is 0 Å². The van der Waals surface area contributed by atoms with Crippen LogP contribution in [0.3, 0.4) is 0 Å². The van der Waals surface area contributed by atoms with E-state index in [2.05, 4.69) is 5.32 Å². The second-order valence-electron chi connectivity index (χ2n) is 4.69. The molecular formula is C11H18N2O4. The summed E-state index contributed by atoms with van der Waals surface area (Å²) < 4.78 is 5.09. The lowest BCUT2D eigenvalue weighted by Gasteiger charge is -2.37. The second-order valence-corrected chi connectivity index (χ2v) is 4.69. The molecule has 6 heteroatoms. The van der Waals surface area contributed by atoms with E-state index in [4.69, 9.17) is 9.84 Å². The number of carbonyl (C=O) groups is 2. The molecule has 0 radical (unpaired) electrons. The van der Waals surface area contributed by atoms with Crippen molar-refractivity contribution < 1.29 is 19.4 Å². The van der Waals surface area contributed by atoms with Gasteiger partial charge in [-0.15, -0.1) is 0 Å². The molecule has 0 aromatic carbocycles. The predicted molar refractivity (Wildman–Crippen MR) is 59.5 cm³/mol. The maximum Gasteiger partial charge on any atom is 0.334 e. The lowest BCUT2D eigenvalue weighted by atomic mass is 9.88. The average molecular weight is 242 g/mol. The first-order valence-electron chi connectivity index (χ1n) is 5.93. The molecule has 0 aliphatic carbocycles. The minimum absolute atomic E-state index is 0.0382. The van der Waals surface area contributed by atoms with Crippen LogP contribution < -0.4 is 5.32 Å². The first kappa shape index (κ1) is 12.3. The number of carbonyl (C=O) groups excluding carboxylic acids is 1. The number of nitrogens with one attached hydrogen (secondary N) is 1. The van der Waals surface area contributed by atoms with Crippen molar-refractivity contribution in [3.05, 3.63) is 0 Å². The molecule has 2 aliphatic rings. The van der Waals surface area contributed by atoms with Crippen LogP contribution >= 0.6 is 0 Å². The van der Waals surface area contributed by atoms with Gasteiger partial charge in [0.05, 0.1) is 13.2 Å². The van der Waals surface area contributed by atoms with E-state index in [1.54, 1.807) is 4.90 Å². The number of ether oxygens (including phenoxy) is 1. The van der Waals surface area contributed by atoms with Gasteiger partial charge in [0.1, 0.15) is 0 Å². The highest BCUT2D eigenvalue weighted by Gasteiger charge is 2.35. The normalized spacial score (nSPS) is 27.4. The van der Waals surface area contributed by atoms with Crippen LogP contribution in [0.15, 0.2) is 0 Å². The van der Waals surface area contributed by atoms with Crippen molar-refractivity contribution in [2.75, 3.05) is 32.8 Å². The molecule has 2 unspecified atom stereocenters. The van der Waals surface area contributed by atoms with Gasteiger partial charge in [0, 0.05) is 12.5 Å². The van der Waals surface area contributed by atoms with Gasteiger partial charge in [-0.05, 0) is 19.0 Å². The summed E-state index contributed by atoms with van der Waals surface area (Å²) >= 11 is 0. The summed E-state index contributed by atoms with van der Waals surface area (Å²) in [5, 5.41) is 12.0. The van der Waals surface area contributed by atoms with E-state index in [1.807, 2.05) is 6.92 Å². The quantitative estimate of drug-likeness (QED) is 0.674. The smallest absolute Gasteiger partial charge is 0.334 e. The van der Waals surface area contributed by atoms with E-state index in [0.717, 1.165) is 13.1 Å². The number of carboxylic acids is 1. The average Bonchev–Trinajstić information content (AvgIpc) is 2.25. The summed E-state index contributed by atoms with van der Waals surface area (Å²) in [7, 11) is 0. The van der Waals surface area contributed by atoms with Gasteiger partial charge >= 0.3 is 5.97 Å². The molecule has 0 bridgehead atoms. The maximum absolute atomic E-state index is 12.2. The third kappa shape index (κ3) is 2.58. The van der Waals surface area contributed by atoms with Gasteiger partial charge in [-0.25, -0.2) is 4.79 Å². The largest absolute Gasteiger partial charge is 0.479 e. The fourth-order valence-corrected chi connectivity index (χ4v) is 2.15. The van der Waals surface area contributed by atoms with Gasteiger partial charge in [0.2, 0.25) is 5.91 Å². The first-order chi connectivity index (χ1) is 8.09. The fourth-order valence-electron chi connectivity index (χ4n) is 2.15. The van der Waals surface area contributed by atoms with Gasteiger partial charge in [0.25, 0.3) is 0 Å². The lowest BCUT2D eigenvalue weighted by Crippen LogP contribution is -2.54. The summed E-state index contributed by atoms with van der Waals surface area (Å²) in [4.78, 5) is 24.6. The molecule has 0 aromatic rings. The first-order valence-corrected chi connectivity index (χ1v) is 5.93. The number of carboxylic acid groups (broad SMARTS) is 1. The third-order valence-electron chi connectivity index (χ3n) is 3.56. The van der Waals surface area contributed by atoms with Crippen LogP contribution in [-0.4, -0.2) is 60.8 Å². The molecule has 2 fully saturated rings. The van der Waals surface area contributed by atoms with Crippen molar-refractivity contribution >= 4 is 11.9 Å². The van der Waals surface area contributed by atoms with E-state index >= 15 is 0 Å². The molecule has 17 heavy (non-hydrogen) atoms. The molecule has 1 amide bonds. The van der Waals surface area contributed by atoms with Crippen molar-refractivity contribution in [3.63, 3.8) is 0 Å². The van der Waals surface area contributed by atoms with Gasteiger partial charge in [-0.3, -0.25) is 4.79 Å². The van der Waals surface area contributed by atoms with Crippen LogP contribution in [0.5, 0.6) is 0 Å². The van der Waals surface area contributed by atoms with Crippen molar-refractivity contribution in [1.82, 2.24) is 10.2 Å². The molecule has 2 aliphatic heterocycles. The Hall–Kier alpha value is -1.14. The van der Waals surface area contributed by atoms with E-state index in [9.17, 15) is 9.59 Å². The van der Waals surface area contributed by atoms with Crippen LogP contribution in [0.25, 0.3) is 0 Å². The molecule has 2 atom stereocenters. The zero-order chi connectivity index (χ0) is 12.4. The zero-order valence-electron chi connectivity index (χ0n) is 9.89. The molecular weight excluding hydrogens is 224 g/mol. The minimum Gasteiger partial charge on any atom is -0.479 e. The predicted octanol–water partition coefficient (Wildman–Crippen LogP) is -0.846. The van der Waals surface area contributed by atoms with Crippen LogP contribution in [0.1, 0.15) is 6.92 Å². The molecule has 2 heterocycles. The number of morpholine rings is 1. The number of hydrogen-bond acceptors (Lipinski definition) is 4. The Morgan fingerprint density at radius 3 is 2.71 bits per heavy atom. The highest BCUT2D eigenvalue weighted by atomic mass is 16.5. The molecule has 0 saturated carbocycles. The van der Waals surface area contributed by atoms with Gasteiger partial charge in [-0.1, -0.05) is 6.92 Å². The number of nitrogens with zero attached hydrogens (tertiary/aromatic N) is 1. The summed E-state index contributed by atoms with van der Waals surface area (Å²) in [5.74, 6) is -0.607. The van der Waals surface area contributed by atoms with E-state index < -0.39 is 12.1 Å². The van der Waals surface area contributed by atoms with Gasteiger partial charge in [-0.2, -0.15) is 0 Å². The number of aliphatic carboxylic acids is 1. The van der Waals surface area contributed by atoms with Crippen molar-refractivity contribution in [2.24, 2.45) is 11.8 Å². The molecule has 2 saturated heterocycles. The topological polar surface area (TPSA) is 78.9 Å². The molecule has 96 valence electrons. The SMILES string of the molecule is CC(C(=O)N1CCOC(C(=O)O)C1)C1CNC1. The molecule has 0 spiro atoms. The van der Waals surface area contributed by atoms with Crippen LogP contribution in [0.4, 0.5) is 0 Å². The van der Waals surface area contributed by atoms with Gasteiger partial charge < -0.3 is 20.1 Å². The fraction of sp³-hybridized carbons (Fsp3) is 0.818. The molecule has 2 rings (SSSR count). The summed E-state index contributed by atoms with van der Waals surface area (Å²) in [6.07, 6.45) is -0.876. The third-order valence-corrected chi connectivity index (χ3v) is 3.56. The molecule has 2 N–H and O–H groups in total. The van der Waals surface area contributed by atoms with Crippen LogP contribution in [-0.2, 0) is 14.3 Å². The Kier molecular flexibility index (Phi) is 3.63.